The Balaban J connectivity index is 1.96. The quantitative estimate of drug-likeness (QED) is 0.575. The number of amides is 1. The van der Waals surface area contributed by atoms with Gasteiger partial charge in [0.2, 0.25) is 0 Å². The molecule has 0 saturated heterocycles. The van der Waals surface area contributed by atoms with Gasteiger partial charge in [-0.1, -0.05) is 12.1 Å². The fourth-order valence-corrected chi connectivity index (χ4v) is 3.36. The maximum atomic E-state index is 12.5. The number of carbonyl (C=O) groups excluding carboxylic acids is 1. The van der Waals surface area contributed by atoms with E-state index in [1.807, 2.05) is 30.5 Å². The smallest absolute Gasteiger partial charge is 0.266 e. The first kappa shape index (κ1) is 16.7. The van der Waals surface area contributed by atoms with E-state index in [0.717, 1.165) is 21.2 Å². The van der Waals surface area contributed by atoms with Gasteiger partial charge in [-0.3, -0.25) is 9.20 Å². The fourth-order valence-electron chi connectivity index (χ4n) is 2.48. The molecule has 0 aliphatic heterocycles. The molecule has 0 radical (unpaired) electrons. The Morgan fingerprint density at radius 3 is 2.88 bits per heavy atom. The summed E-state index contributed by atoms with van der Waals surface area (Å²) in [5.74, 6) is 0.0397. The Morgan fingerprint density at radius 1 is 1.40 bits per heavy atom. The number of methoxy groups -OCH3 is 1. The van der Waals surface area contributed by atoms with Crippen LogP contribution in [0.25, 0.3) is 11.0 Å². The van der Waals surface area contributed by atoms with Gasteiger partial charge in [-0.25, -0.2) is 4.98 Å². The third-order valence-electron chi connectivity index (χ3n) is 3.66. The van der Waals surface area contributed by atoms with E-state index in [0.29, 0.717) is 11.4 Å². The summed E-state index contributed by atoms with van der Waals surface area (Å²) in [4.78, 5) is 18.9. The molecule has 0 aliphatic rings. The van der Waals surface area contributed by atoms with Crippen LogP contribution in [-0.2, 0) is 4.79 Å². The van der Waals surface area contributed by atoms with Crippen LogP contribution in [-0.4, -0.2) is 22.4 Å². The molecule has 0 spiro atoms. The molecule has 0 bridgehead atoms. The molecule has 2 heterocycles. The number of para-hydroxylation sites is 2. The van der Waals surface area contributed by atoms with E-state index < -0.39 is 5.91 Å². The lowest BCUT2D eigenvalue weighted by Crippen LogP contribution is -2.14. The summed E-state index contributed by atoms with van der Waals surface area (Å²) in [5.41, 5.74) is 2.01. The maximum Gasteiger partial charge on any atom is 0.266 e. The molecule has 0 atom stereocenters. The topological polar surface area (TPSA) is 79.4 Å². The van der Waals surface area contributed by atoms with Gasteiger partial charge < -0.3 is 10.1 Å². The number of thiazole rings is 1. The number of hydrogen-bond donors (Lipinski definition) is 1. The zero-order chi connectivity index (χ0) is 18.0. The molecule has 1 N–H and O–H groups in total. The summed E-state index contributed by atoms with van der Waals surface area (Å²) in [5, 5.41) is 12.1. The van der Waals surface area contributed by atoms with Crippen molar-refractivity contribution in [3.63, 3.8) is 0 Å². The summed E-state index contributed by atoms with van der Waals surface area (Å²) in [6, 6.07) is 9.02. The van der Waals surface area contributed by atoms with Crippen LogP contribution in [0, 0.1) is 25.2 Å². The maximum absolute atomic E-state index is 12.5. The number of rotatable bonds is 4. The minimum Gasteiger partial charge on any atom is -0.495 e. The highest BCUT2D eigenvalue weighted by molar-refractivity contribution is 7.17. The second kappa shape index (κ2) is 6.79. The van der Waals surface area contributed by atoms with Crippen LogP contribution in [0.2, 0.25) is 0 Å². The van der Waals surface area contributed by atoms with Gasteiger partial charge in [0.25, 0.3) is 5.91 Å². The fraction of sp³-hybridized carbons (Fsp3) is 0.167. The lowest BCUT2D eigenvalue weighted by Gasteiger charge is -2.09. The van der Waals surface area contributed by atoms with Gasteiger partial charge in [0.15, 0.2) is 4.96 Å². The van der Waals surface area contributed by atoms with Gasteiger partial charge >= 0.3 is 0 Å². The summed E-state index contributed by atoms with van der Waals surface area (Å²) in [7, 11) is 1.53. The summed E-state index contributed by atoms with van der Waals surface area (Å²) in [6.45, 7) is 3.84. The van der Waals surface area contributed by atoms with Gasteiger partial charge in [0, 0.05) is 11.1 Å². The average molecular weight is 352 g/mol. The second-order valence-corrected chi connectivity index (χ2v) is 6.61. The van der Waals surface area contributed by atoms with E-state index in [1.165, 1.54) is 7.11 Å². The standard InChI is InChI=1S/C18H16N4O2S/c1-11-10-22-15(12(2)20-18(22)25-11)8-13(9-19)17(23)21-14-6-4-5-7-16(14)24-3/h4-8,10H,1-3H3,(H,21,23)/b13-8+. The highest BCUT2D eigenvalue weighted by Gasteiger charge is 2.15. The summed E-state index contributed by atoms with van der Waals surface area (Å²) >= 11 is 1.56. The van der Waals surface area contributed by atoms with Crippen LogP contribution in [0.4, 0.5) is 5.69 Å². The van der Waals surface area contributed by atoms with Crippen LogP contribution in [0.15, 0.2) is 36.0 Å². The van der Waals surface area contributed by atoms with Crippen molar-refractivity contribution in [2.45, 2.75) is 13.8 Å². The molecule has 0 saturated carbocycles. The number of imidazole rings is 1. The number of ether oxygens (including phenoxy) is 1. The van der Waals surface area contributed by atoms with Gasteiger partial charge in [0.1, 0.15) is 17.4 Å². The van der Waals surface area contributed by atoms with Crippen molar-refractivity contribution < 1.29 is 9.53 Å². The van der Waals surface area contributed by atoms with Crippen LogP contribution < -0.4 is 10.1 Å². The third kappa shape index (κ3) is 3.25. The van der Waals surface area contributed by atoms with E-state index in [4.69, 9.17) is 4.74 Å². The Hall–Kier alpha value is -3.11. The number of nitrogens with zero attached hydrogens (tertiary/aromatic N) is 3. The number of anilines is 1. The molecule has 1 amide bonds. The van der Waals surface area contributed by atoms with Crippen LogP contribution in [0.1, 0.15) is 16.3 Å². The number of hydrogen-bond acceptors (Lipinski definition) is 5. The predicted molar refractivity (Wildman–Crippen MR) is 97.8 cm³/mol. The number of fused-ring (bicyclic) bond motifs is 1. The lowest BCUT2D eigenvalue weighted by molar-refractivity contribution is -0.112. The Bertz CT molecular complexity index is 1020. The highest BCUT2D eigenvalue weighted by Crippen LogP contribution is 2.25. The molecule has 0 aliphatic carbocycles. The highest BCUT2D eigenvalue weighted by atomic mass is 32.1. The molecular weight excluding hydrogens is 336 g/mol. The zero-order valence-electron chi connectivity index (χ0n) is 14.0. The largest absolute Gasteiger partial charge is 0.495 e. The van der Waals surface area contributed by atoms with Crippen molar-refractivity contribution in [1.29, 1.82) is 5.26 Å². The molecule has 3 rings (SSSR count). The van der Waals surface area contributed by atoms with Crippen molar-refractivity contribution >= 4 is 34.0 Å². The Morgan fingerprint density at radius 2 is 2.16 bits per heavy atom. The monoisotopic (exact) mass is 352 g/mol. The summed E-state index contributed by atoms with van der Waals surface area (Å²) in [6.07, 6.45) is 3.51. The number of carbonyl (C=O) groups is 1. The van der Waals surface area contributed by atoms with Gasteiger partial charge in [0.05, 0.1) is 24.2 Å². The van der Waals surface area contributed by atoms with E-state index in [9.17, 15) is 10.1 Å². The summed E-state index contributed by atoms with van der Waals surface area (Å²) < 4.78 is 7.11. The SMILES string of the molecule is COc1ccccc1NC(=O)/C(C#N)=C/c1c(C)nc2sc(C)cn12. The normalized spacial score (nSPS) is 11.4. The number of aromatic nitrogens is 2. The number of aryl methyl sites for hydroxylation is 2. The first-order valence-corrected chi connectivity index (χ1v) is 8.36. The number of nitrogens with one attached hydrogen (secondary N) is 1. The van der Waals surface area contributed by atoms with Crippen molar-refractivity contribution in [2.24, 2.45) is 0 Å². The molecule has 25 heavy (non-hydrogen) atoms. The molecule has 0 unspecified atom stereocenters. The van der Waals surface area contributed by atoms with E-state index >= 15 is 0 Å². The van der Waals surface area contributed by atoms with E-state index in [2.05, 4.69) is 10.3 Å². The number of nitriles is 1. The predicted octanol–water partition coefficient (Wildman–Crippen LogP) is 3.57. The van der Waals surface area contributed by atoms with E-state index in [-0.39, 0.29) is 5.57 Å². The Labute approximate surface area is 149 Å². The van der Waals surface area contributed by atoms with E-state index in [1.54, 1.807) is 41.7 Å². The molecule has 2 aromatic heterocycles. The molecule has 7 heteroatoms. The molecule has 1 aromatic carbocycles. The van der Waals surface area contributed by atoms with Crippen LogP contribution in [0.5, 0.6) is 5.75 Å². The Kier molecular flexibility index (Phi) is 4.55. The first-order valence-electron chi connectivity index (χ1n) is 7.54. The number of benzene rings is 1. The minimum atomic E-state index is -0.492. The van der Waals surface area contributed by atoms with Gasteiger partial charge in [-0.15, -0.1) is 11.3 Å². The van der Waals surface area contributed by atoms with Crippen molar-refractivity contribution in [1.82, 2.24) is 9.38 Å². The first-order chi connectivity index (χ1) is 12.0. The van der Waals surface area contributed by atoms with Gasteiger partial charge in [-0.05, 0) is 32.1 Å². The third-order valence-corrected chi connectivity index (χ3v) is 4.56. The van der Waals surface area contributed by atoms with Gasteiger partial charge in [-0.2, -0.15) is 5.26 Å². The molecular formula is C18H16N4O2S. The minimum absolute atomic E-state index is 0.000316. The lowest BCUT2D eigenvalue weighted by atomic mass is 10.2. The molecule has 126 valence electrons. The van der Waals surface area contributed by atoms with Crippen molar-refractivity contribution in [2.75, 3.05) is 12.4 Å². The zero-order valence-corrected chi connectivity index (χ0v) is 14.8. The van der Waals surface area contributed by atoms with Crippen molar-refractivity contribution in [3.05, 3.63) is 52.3 Å². The molecule has 0 fully saturated rings. The second-order valence-electron chi connectivity index (χ2n) is 5.40. The molecule has 3 aromatic rings. The van der Waals surface area contributed by atoms with Crippen molar-refractivity contribution in [3.8, 4) is 11.8 Å². The van der Waals surface area contributed by atoms with Crippen LogP contribution >= 0.6 is 11.3 Å². The van der Waals surface area contributed by atoms with Crippen LogP contribution in [0.3, 0.4) is 0 Å². The molecule has 6 nitrogen and oxygen atoms in total. The average Bonchev–Trinajstić information content (AvgIpc) is 3.08.